The molecule has 6 nitrogen and oxygen atoms in total. The minimum atomic E-state index is -3.90. The van der Waals surface area contributed by atoms with Crippen molar-refractivity contribution in [3.05, 3.63) is 58.1 Å². The number of anilines is 1. The highest BCUT2D eigenvalue weighted by molar-refractivity contribution is 7.96. The van der Waals surface area contributed by atoms with Crippen LogP contribution in [0.5, 0.6) is 0 Å². The molecular formula is C17H15Cl2NO5S2. The first-order chi connectivity index (χ1) is 12.6. The lowest BCUT2D eigenvalue weighted by Crippen LogP contribution is -2.23. The predicted molar refractivity (Wildman–Crippen MR) is 105 cm³/mol. The highest BCUT2D eigenvalue weighted by Gasteiger charge is 2.38. The number of rotatable bonds is 4. The first kappa shape index (κ1) is 20.1. The Kier molecular flexibility index (Phi) is 5.54. The fourth-order valence-electron chi connectivity index (χ4n) is 2.82. The van der Waals surface area contributed by atoms with Crippen LogP contribution in [0.4, 0.5) is 5.69 Å². The molecule has 1 fully saturated rings. The number of halogens is 2. The molecule has 1 aliphatic heterocycles. The van der Waals surface area contributed by atoms with E-state index in [1.54, 1.807) is 18.2 Å². The molecule has 2 aromatic carbocycles. The maximum absolute atomic E-state index is 12.8. The van der Waals surface area contributed by atoms with Crippen LogP contribution in [0, 0.1) is 0 Å². The molecule has 0 bridgehead atoms. The van der Waals surface area contributed by atoms with Crippen molar-refractivity contribution in [3.63, 3.8) is 0 Å². The fraction of sp³-hybridized carbons (Fsp3) is 0.235. The van der Waals surface area contributed by atoms with Gasteiger partial charge in [0.15, 0.2) is 19.7 Å². The second kappa shape index (κ2) is 7.43. The molecule has 0 spiro atoms. The summed E-state index contributed by atoms with van der Waals surface area (Å²) < 4.78 is 48.7. The maximum atomic E-state index is 12.8. The quantitative estimate of drug-likeness (QED) is 0.775. The molecule has 1 aliphatic rings. The molecule has 1 saturated heterocycles. The maximum Gasteiger partial charge on any atom is 0.257 e. The van der Waals surface area contributed by atoms with E-state index in [0.717, 1.165) is 0 Å². The van der Waals surface area contributed by atoms with Crippen LogP contribution in [-0.2, 0) is 19.7 Å². The summed E-state index contributed by atoms with van der Waals surface area (Å²) in [5, 5.41) is 2.09. The van der Waals surface area contributed by atoms with E-state index in [4.69, 9.17) is 23.2 Å². The molecule has 1 amide bonds. The van der Waals surface area contributed by atoms with Gasteiger partial charge in [-0.3, -0.25) is 4.79 Å². The summed E-state index contributed by atoms with van der Waals surface area (Å²) in [5.41, 5.74) is 0.400. The summed E-state index contributed by atoms with van der Waals surface area (Å²) in [6.45, 7) is 0. The van der Waals surface area contributed by atoms with Crippen LogP contribution in [0.1, 0.15) is 16.8 Å². The smallest absolute Gasteiger partial charge is 0.257 e. The van der Waals surface area contributed by atoms with Crippen LogP contribution in [0.2, 0.25) is 10.0 Å². The zero-order chi connectivity index (χ0) is 19.8. The number of hydrogen-bond acceptors (Lipinski definition) is 5. The summed E-state index contributed by atoms with van der Waals surface area (Å²) in [7, 11) is -7.26. The first-order valence-electron chi connectivity index (χ1n) is 7.89. The van der Waals surface area contributed by atoms with E-state index >= 15 is 0 Å². The number of carbonyl (C=O) groups excluding carboxylic acids is 1. The van der Waals surface area contributed by atoms with Crippen molar-refractivity contribution in [3.8, 4) is 0 Å². The molecule has 1 N–H and O–H groups in total. The second-order valence-electron chi connectivity index (χ2n) is 6.18. The highest BCUT2D eigenvalue weighted by Crippen LogP contribution is 2.28. The third-order valence-corrected chi connectivity index (χ3v) is 8.96. The SMILES string of the molecule is O=C(Nc1cccc(Cl)c1)c1cc(S(=O)(=O)C2CCS(=O)(=O)C2)ccc1Cl. The lowest BCUT2D eigenvalue weighted by molar-refractivity contribution is 0.102. The van der Waals surface area contributed by atoms with E-state index in [1.165, 1.54) is 24.3 Å². The molecule has 0 saturated carbocycles. The van der Waals surface area contributed by atoms with Crippen molar-refractivity contribution in [1.82, 2.24) is 0 Å². The number of hydrogen-bond donors (Lipinski definition) is 1. The Labute approximate surface area is 167 Å². The van der Waals surface area contributed by atoms with Crippen LogP contribution in [0.3, 0.4) is 0 Å². The van der Waals surface area contributed by atoms with Gasteiger partial charge in [0.1, 0.15) is 0 Å². The van der Waals surface area contributed by atoms with Crippen molar-refractivity contribution in [2.45, 2.75) is 16.6 Å². The van der Waals surface area contributed by atoms with Gasteiger partial charge in [0, 0.05) is 10.7 Å². The van der Waals surface area contributed by atoms with Crippen molar-refractivity contribution in [2.24, 2.45) is 0 Å². The summed E-state index contributed by atoms with van der Waals surface area (Å²) in [6, 6.07) is 10.2. The number of nitrogens with one attached hydrogen (secondary N) is 1. The Hall–Kier alpha value is -1.61. The first-order valence-corrected chi connectivity index (χ1v) is 12.0. The summed E-state index contributed by atoms with van der Waals surface area (Å²) >= 11 is 11.9. The van der Waals surface area contributed by atoms with E-state index in [1.807, 2.05) is 0 Å². The van der Waals surface area contributed by atoms with E-state index in [2.05, 4.69) is 5.32 Å². The van der Waals surface area contributed by atoms with Gasteiger partial charge >= 0.3 is 0 Å². The van der Waals surface area contributed by atoms with Gasteiger partial charge in [-0.2, -0.15) is 0 Å². The Morgan fingerprint density at radius 2 is 1.85 bits per heavy atom. The van der Waals surface area contributed by atoms with E-state index < -0.39 is 36.6 Å². The fourth-order valence-corrected chi connectivity index (χ4v) is 7.60. The number of amides is 1. The average molecular weight is 448 g/mol. The molecular weight excluding hydrogens is 433 g/mol. The molecule has 144 valence electrons. The third-order valence-electron chi connectivity index (χ3n) is 4.22. The topological polar surface area (TPSA) is 97.4 Å². The molecule has 0 radical (unpaired) electrons. The van der Waals surface area contributed by atoms with Crippen LogP contribution in [0.25, 0.3) is 0 Å². The predicted octanol–water partition coefficient (Wildman–Crippen LogP) is 3.21. The Morgan fingerprint density at radius 1 is 1.11 bits per heavy atom. The Balaban J connectivity index is 1.91. The van der Waals surface area contributed by atoms with Crippen molar-refractivity contribution >= 4 is 54.5 Å². The molecule has 1 atom stereocenters. The van der Waals surface area contributed by atoms with Gasteiger partial charge in [0.25, 0.3) is 5.91 Å². The molecule has 1 heterocycles. The van der Waals surface area contributed by atoms with Gasteiger partial charge in [0.2, 0.25) is 0 Å². The lowest BCUT2D eigenvalue weighted by atomic mass is 10.2. The van der Waals surface area contributed by atoms with Gasteiger partial charge in [0.05, 0.1) is 32.2 Å². The van der Waals surface area contributed by atoms with E-state index in [0.29, 0.717) is 10.7 Å². The number of sulfone groups is 2. The van der Waals surface area contributed by atoms with Gasteiger partial charge in [-0.25, -0.2) is 16.8 Å². The van der Waals surface area contributed by atoms with Crippen LogP contribution in [0.15, 0.2) is 47.4 Å². The standard InChI is InChI=1S/C17H15Cl2NO5S2/c18-11-2-1-3-12(8-11)20-17(21)15-9-13(4-5-16(15)19)27(24,25)14-6-7-26(22,23)10-14/h1-5,8-9,14H,6-7,10H2,(H,20,21). The normalized spacial score (nSPS) is 19.0. The van der Waals surface area contributed by atoms with Crippen LogP contribution < -0.4 is 5.32 Å². The van der Waals surface area contributed by atoms with E-state index in [9.17, 15) is 21.6 Å². The van der Waals surface area contributed by atoms with Gasteiger partial charge in [-0.1, -0.05) is 29.3 Å². The number of carbonyl (C=O) groups is 1. The minimum Gasteiger partial charge on any atom is -0.322 e. The lowest BCUT2D eigenvalue weighted by Gasteiger charge is -2.13. The molecule has 3 rings (SSSR count). The minimum absolute atomic E-state index is 0.0291. The molecule has 1 unspecified atom stereocenters. The van der Waals surface area contributed by atoms with Gasteiger partial charge in [-0.15, -0.1) is 0 Å². The van der Waals surface area contributed by atoms with Gasteiger partial charge < -0.3 is 5.32 Å². The Bertz CT molecular complexity index is 1110. The van der Waals surface area contributed by atoms with Crippen molar-refractivity contribution in [1.29, 1.82) is 0 Å². The molecule has 2 aromatic rings. The third kappa shape index (κ3) is 4.45. The van der Waals surface area contributed by atoms with Crippen molar-refractivity contribution < 1.29 is 21.6 Å². The average Bonchev–Trinajstić information content (AvgIpc) is 2.95. The molecule has 10 heteroatoms. The molecule has 27 heavy (non-hydrogen) atoms. The summed E-state index contributed by atoms with van der Waals surface area (Å²) in [4.78, 5) is 12.4. The van der Waals surface area contributed by atoms with Crippen molar-refractivity contribution in [2.75, 3.05) is 16.8 Å². The molecule has 0 aliphatic carbocycles. The van der Waals surface area contributed by atoms with Crippen LogP contribution in [-0.4, -0.2) is 39.5 Å². The number of benzene rings is 2. The van der Waals surface area contributed by atoms with Gasteiger partial charge in [-0.05, 0) is 42.8 Å². The second-order valence-corrected chi connectivity index (χ2v) is 11.5. The summed E-state index contributed by atoms with van der Waals surface area (Å²) in [6.07, 6.45) is 0.0390. The largest absolute Gasteiger partial charge is 0.322 e. The molecule has 0 aromatic heterocycles. The summed E-state index contributed by atoms with van der Waals surface area (Å²) in [5.74, 6) is -1.17. The monoisotopic (exact) mass is 447 g/mol. The Morgan fingerprint density at radius 3 is 2.48 bits per heavy atom. The zero-order valence-electron chi connectivity index (χ0n) is 13.9. The van der Waals surface area contributed by atoms with Crippen LogP contribution >= 0.6 is 23.2 Å². The van der Waals surface area contributed by atoms with E-state index in [-0.39, 0.29) is 27.7 Å². The highest BCUT2D eigenvalue weighted by atomic mass is 35.5. The zero-order valence-corrected chi connectivity index (χ0v) is 17.0.